The number of aliphatic imine (C=N–C) groups is 1. The Kier molecular flexibility index (Phi) is 4.34. The summed E-state index contributed by atoms with van der Waals surface area (Å²) in [5.41, 5.74) is -0.931. The maximum atomic E-state index is 13.3. The summed E-state index contributed by atoms with van der Waals surface area (Å²) in [5, 5.41) is 10.3. The summed E-state index contributed by atoms with van der Waals surface area (Å²) < 4.78 is 19.4. The van der Waals surface area contributed by atoms with Crippen LogP contribution in [0.5, 0.6) is 5.88 Å². The molecule has 7 nitrogen and oxygen atoms in total. The minimum atomic E-state index is -0.777. The fourth-order valence-electron chi connectivity index (χ4n) is 2.24. The number of nitrogens with zero attached hydrogens (tertiary/aromatic N) is 2. The molecule has 0 atom stereocenters. The standard InChI is InChI=1S/C17H14FN3O4/c1-10-7-11(4-5-14(10)18)19-8-13-15(22)20-17(24)21(16(13)23)9-12-3-2-6-25-12/h2-8,23H,9H2,1H3,(H,20,22,24). The zero-order chi connectivity index (χ0) is 18.0. The first kappa shape index (κ1) is 16.4. The van der Waals surface area contributed by atoms with Crippen molar-refractivity contribution >= 4 is 11.9 Å². The van der Waals surface area contributed by atoms with Crippen molar-refractivity contribution in [2.24, 2.45) is 4.99 Å². The molecule has 128 valence electrons. The second kappa shape index (κ2) is 6.60. The van der Waals surface area contributed by atoms with Crippen LogP contribution in [0.2, 0.25) is 0 Å². The van der Waals surface area contributed by atoms with E-state index in [1.165, 1.54) is 24.5 Å². The molecule has 0 aliphatic heterocycles. The largest absolute Gasteiger partial charge is 0.494 e. The van der Waals surface area contributed by atoms with Crippen LogP contribution in [-0.2, 0) is 6.54 Å². The topological polar surface area (TPSA) is 101 Å². The Balaban J connectivity index is 2.00. The van der Waals surface area contributed by atoms with Gasteiger partial charge < -0.3 is 9.52 Å². The van der Waals surface area contributed by atoms with E-state index in [2.05, 4.69) is 9.98 Å². The summed E-state index contributed by atoms with van der Waals surface area (Å²) in [6.07, 6.45) is 2.56. The highest BCUT2D eigenvalue weighted by molar-refractivity contribution is 5.84. The van der Waals surface area contributed by atoms with Gasteiger partial charge in [0.2, 0.25) is 5.88 Å². The van der Waals surface area contributed by atoms with E-state index in [1.54, 1.807) is 19.1 Å². The van der Waals surface area contributed by atoms with Crippen LogP contribution in [0, 0.1) is 12.7 Å². The van der Waals surface area contributed by atoms with Gasteiger partial charge in [-0.3, -0.25) is 19.3 Å². The van der Waals surface area contributed by atoms with Crippen molar-refractivity contribution in [2.45, 2.75) is 13.5 Å². The average Bonchev–Trinajstić information content (AvgIpc) is 3.07. The molecule has 0 fully saturated rings. The van der Waals surface area contributed by atoms with Crippen molar-refractivity contribution in [2.75, 3.05) is 0 Å². The van der Waals surface area contributed by atoms with Crippen LogP contribution in [0.15, 0.2) is 55.6 Å². The van der Waals surface area contributed by atoms with Gasteiger partial charge in [-0.25, -0.2) is 9.18 Å². The van der Waals surface area contributed by atoms with E-state index in [9.17, 15) is 19.1 Å². The van der Waals surface area contributed by atoms with Crippen molar-refractivity contribution in [1.29, 1.82) is 0 Å². The van der Waals surface area contributed by atoms with Crippen molar-refractivity contribution in [3.8, 4) is 5.88 Å². The van der Waals surface area contributed by atoms with E-state index in [4.69, 9.17) is 4.42 Å². The average molecular weight is 343 g/mol. The summed E-state index contributed by atoms with van der Waals surface area (Å²) in [6.45, 7) is 1.53. The zero-order valence-corrected chi connectivity index (χ0v) is 13.2. The van der Waals surface area contributed by atoms with E-state index in [0.29, 0.717) is 17.0 Å². The highest BCUT2D eigenvalue weighted by Gasteiger charge is 2.14. The maximum Gasteiger partial charge on any atom is 0.331 e. The predicted octanol–water partition coefficient (Wildman–Crippen LogP) is 2.08. The van der Waals surface area contributed by atoms with Crippen molar-refractivity contribution in [3.05, 3.63) is 80.1 Å². The van der Waals surface area contributed by atoms with Crippen molar-refractivity contribution in [1.82, 2.24) is 9.55 Å². The number of benzene rings is 1. The Morgan fingerprint density at radius 2 is 2.16 bits per heavy atom. The summed E-state index contributed by atoms with van der Waals surface area (Å²) >= 11 is 0. The Morgan fingerprint density at radius 1 is 1.36 bits per heavy atom. The molecule has 8 heteroatoms. The molecule has 0 aliphatic rings. The number of aromatic nitrogens is 2. The van der Waals surface area contributed by atoms with Crippen molar-refractivity contribution < 1.29 is 13.9 Å². The molecule has 0 spiro atoms. The lowest BCUT2D eigenvalue weighted by molar-refractivity contribution is 0.392. The third-order valence-electron chi connectivity index (χ3n) is 3.59. The maximum absolute atomic E-state index is 13.3. The minimum Gasteiger partial charge on any atom is -0.494 e. The molecule has 0 bridgehead atoms. The van der Waals surface area contributed by atoms with E-state index >= 15 is 0 Å². The molecule has 3 aromatic rings. The predicted molar refractivity (Wildman–Crippen MR) is 89.2 cm³/mol. The molecule has 2 N–H and O–H groups in total. The molecule has 25 heavy (non-hydrogen) atoms. The highest BCUT2D eigenvalue weighted by Crippen LogP contribution is 2.17. The monoisotopic (exact) mass is 343 g/mol. The van der Waals surface area contributed by atoms with Gasteiger partial charge in [-0.1, -0.05) is 0 Å². The van der Waals surface area contributed by atoms with Gasteiger partial charge in [0.25, 0.3) is 5.56 Å². The summed E-state index contributed by atoms with van der Waals surface area (Å²) in [5.74, 6) is -0.471. The normalized spacial score (nSPS) is 11.3. The number of hydrogen-bond acceptors (Lipinski definition) is 5. The van der Waals surface area contributed by atoms with Crippen LogP contribution in [0.3, 0.4) is 0 Å². The Bertz CT molecular complexity index is 1050. The number of aromatic amines is 1. The third kappa shape index (κ3) is 3.42. The first-order chi connectivity index (χ1) is 12.0. The third-order valence-corrected chi connectivity index (χ3v) is 3.59. The zero-order valence-electron chi connectivity index (χ0n) is 13.2. The number of hydrogen-bond donors (Lipinski definition) is 2. The summed E-state index contributed by atoms with van der Waals surface area (Å²) in [4.78, 5) is 30.0. The first-order valence-electron chi connectivity index (χ1n) is 7.34. The summed E-state index contributed by atoms with van der Waals surface area (Å²) in [7, 11) is 0. The lowest BCUT2D eigenvalue weighted by Crippen LogP contribution is -2.32. The highest BCUT2D eigenvalue weighted by atomic mass is 19.1. The fraction of sp³-hybridized carbons (Fsp3) is 0.118. The second-order valence-electron chi connectivity index (χ2n) is 5.35. The van der Waals surface area contributed by atoms with Crippen LogP contribution < -0.4 is 11.2 Å². The lowest BCUT2D eigenvalue weighted by Gasteiger charge is -2.07. The van der Waals surface area contributed by atoms with Gasteiger partial charge in [-0.05, 0) is 42.8 Å². The quantitative estimate of drug-likeness (QED) is 0.708. The van der Waals surface area contributed by atoms with Gasteiger partial charge in [0.05, 0.1) is 18.5 Å². The number of aryl methyl sites for hydroxylation is 1. The van der Waals surface area contributed by atoms with Gasteiger partial charge in [0.15, 0.2) is 0 Å². The number of halogens is 1. The van der Waals surface area contributed by atoms with E-state index in [0.717, 1.165) is 10.8 Å². The molecule has 0 unspecified atom stereocenters. The molecule has 0 saturated carbocycles. The number of H-pyrrole nitrogens is 1. The second-order valence-corrected chi connectivity index (χ2v) is 5.35. The molecule has 2 heterocycles. The smallest absolute Gasteiger partial charge is 0.331 e. The van der Waals surface area contributed by atoms with Gasteiger partial charge >= 0.3 is 5.69 Å². The molecule has 3 rings (SSSR count). The van der Waals surface area contributed by atoms with Gasteiger partial charge in [-0.2, -0.15) is 0 Å². The number of nitrogens with one attached hydrogen (secondary N) is 1. The molecule has 2 aromatic heterocycles. The SMILES string of the molecule is Cc1cc(N=Cc2c(O)n(Cc3ccco3)c(=O)[nH]c2=O)ccc1F. The van der Waals surface area contributed by atoms with E-state index in [1.807, 2.05) is 0 Å². The Morgan fingerprint density at radius 3 is 2.84 bits per heavy atom. The number of rotatable bonds is 4. The Labute approximate surface area is 140 Å². The van der Waals surface area contributed by atoms with Crippen LogP contribution in [0.4, 0.5) is 10.1 Å². The van der Waals surface area contributed by atoms with E-state index < -0.39 is 17.1 Å². The van der Waals surface area contributed by atoms with Gasteiger partial charge in [-0.15, -0.1) is 0 Å². The first-order valence-corrected chi connectivity index (χ1v) is 7.34. The van der Waals surface area contributed by atoms with Gasteiger partial charge in [0, 0.05) is 6.21 Å². The molecule has 0 aliphatic carbocycles. The van der Waals surface area contributed by atoms with Gasteiger partial charge in [0.1, 0.15) is 17.1 Å². The van der Waals surface area contributed by atoms with Crippen molar-refractivity contribution in [3.63, 3.8) is 0 Å². The number of aromatic hydroxyl groups is 1. The van der Waals surface area contributed by atoms with Crippen LogP contribution in [0.1, 0.15) is 16.9 Å². The molecule has 0 saturated heterocycles. The molecule has 1 aromatic carbocycles. The minimum absolute atomic E-state index is 0.0507. The Hall–Kier alpha value is -3.42. The van der Waals surface area contributed by atoms with Crippen LogP contribution in [0.25, 0.3) is 0 Å². The lowest BCUT2D eigenvalue weighted by atomic mass is 10.2. The van der Waals surface area contributed by atoms with Crippen LogP contribution >= 0.6 is 0 Å². The molecule has 0 radical (unpaired) electrons. The van der Waals surface area contributed by atoms with E-state index in [-0.39, 0.29) is 17.9 Å². The molecular weight excluding hydrogens is 329 g/mol. The fourth-order valence-corrected chi connectivity index (χ4v) is 2.24. The summed E-state index contributed by atoms with van der Waals surface area (Å²) in [6, 6.07) is 7.46. The van der Waals surface area contributed by atoms with Crippen LogP contribution in [-0.4, -0.2) is 20.9 Å². The molecule has 0 amide bonds. The number of furan rings is 1. The molecular formula is C17H14FN3O4.